The fraction of sp³-hybridized carbons (Fsp3) is 0.100. The Hall–Kier alpha value is -2.35. The first kappa shape index (κ1) is 9.21. The summed E-state index contributed by atoms with van der Waals surface area (Å²) in [4.78, 5) is 18.0. The van der Waals surface area contributed by atoms with Crippen molar-refractivity contribution < 1.29 is 4.79 Å². The number of carbonyl (C=O) groups excluding carboxylic acids is 1. The number of nitrogens with zero attached hydrogens (tertiary/aromatic N) is 2. The van der Waals surface area contributed by atoms with Gasteiger partial charge in [0.25, 0.3) is 0 Å². The number of hydrogen-bond donors (Lipinski definition) is 2. The highest BCUT2D eigenvalue weighted by molar-refractivity contribution is 5.85. The molecule has 2 aromatic rings. The zero-order valence-electron chi connectivity index (χ0n) is 7.77. The molecule has 1 aromatic carbocycles. The molecular formula is C10H8N4O. The van der Waals surface area contributed by atoms with E-state index in [0.29, 0.717) is 11.3 Å². The van der Waals surface area contributed by atoms with Crippen molar-refractivity contribution in [2.45, 2.75) is 5.92 Å². The van der Waals surface area contributed by atoms with Gasteiger partial charge in [-0.15, -0.1) is 0 Å². The molecule has 0 saturated heterocycles. The van der Waals surface area contributed by atoms with Gasteiger partial charge in [-0.25, -0.2) is 4.98 Å². The molecule has 1 heterocycles. The second-order valence-electron chi connectivity index (χ2n) is 3.10. The van der Waals surface area contributed by atoms with Gasteiger partial charge in [-0.1, -0.05) is 12.1 Å². The molecule has 0 radical (unpaired) electrons. The third kappa shape index (κ3) is 1.53. The fourth-order valence-electron chi connectivity index (χ4n) is 1.37. The van der Waals surface area contributed by atoms with E-state index < -0.39 is 11.8 Å². The van der Waals surface area contributed by atoms with Gasteiger partial charge in [0.2, 0.25) is 5.91 Å². The highest BCUT2D eigenvalue weighted by Crippen LogP contribution is 2.16. The maximum absolute atomic E-state index is 10.9. The summed E-state index contributed by atoms with van der Waals surface area (Å²) < 4.78 is 0. The van der Waals surface area contributed by atoms with Crippen LogP contribution in [0.4, 0.5) is 0 Å². The SMILES string of the molecule is N#CC(C(N)=O)c1nc2ccccc2[nH]1. The minimum absolute atomic E-state index is 0.297. The van der Waals surface area contributed by atoms with Crippen LogP contribution in [-0.4, -0.2) is 15.9 Å². The number of imidazole rings is 1. The van der Waals surface area contributed by atoms with Gasteiger partial charge < -0.3 is 10.7 Å². The van der Waals surface area contributed by atoms with E-state index in [1.165, 1.54) is 0 Å². The number of para-hydroxylation sites is 2. The summed E-state index contributed by atoms with van der Waals surface area (Å²) in [6.07, 6.45) is 0. The number of fused-ring (bicyclic) bond motifs is 1. The van der Waals surface area contributed by atoms with Crippen molar-refractivity contribution in [2.24, 2.45) is 5.73 Å². The van der Waals surface area contributed by atoms with Crippen molar-refractivity contribution in [3.63, 3.8) is 0 Å². The average Bonchev–Trinajstić information content (AvgIpc) is 2.61. The summed E-state index contributed by atoms with van der Waals surface area (Å²) >= 11 is 0. The zero-order chi connectivity index (χ0) is 10.8. The number of primary amides is 1. The van der Waals surface area contributed by atoms with E-state index in [4.69, 9.17) is 11.0 Å². The Bertz CT molecular complexity index is 519. The van der Waals surface area contributed by atoms with Crippen molar-refractivity contribution in [1.82, 2.24) is 9.97 Å². The molecule has 1 aromatic heterocycles. The number of benzene rings is 1. The predicted molar refractivity (Wildman–Crippen MR) is 53.6 cm³/mol. The molecule has 15 heavy (non-hydrogen) atoms. The maximum atomic E-state index is 10.9. The van der Waals surface area contributed by atoms with Crippen molar-refractivity contribution in [3.05, 3.63) is 30.1 Å². The van der Waals surface area contributed by atoms with Gasteiger partial charge in [0.05, 0.1) is 17.1 Å². The Morgan fingerprint density at radius 1 is 1.53 bits per heavy atom. The first-order valence-electron chi connectivity index (χ1n) is 4.36. The number of nitrogens with one attached hydrogen (secondary N) is 1. The Morgan fingerprint density at radius 3 is 2.87 bits per heavy atom. The van der Waals surface area contributed by atoms with Gasteiger partial charge in [-0.05, 0) is 12.1 Å². The first-order valence-corrected chi connectivity index (χ1v) is 4.36. The second kappa shape index (κ2) is 3.42. The zero-order valence-corrected chi connectivity index (χ0v) is 7.77. The van der Waals surface area contributed by atoms with Crippen LogP contribution in [0.5, 0.6) is 0 Å². The number of nitrogens with two attached hydrogens (primary N) is 1. The van der Waals surface area contributed by atoms with Crippen LogP contribution in [0.25, 0.3) is 11.0 Å². The van der Waals surface area contributed by atoms with E-state index in [0.717, 1.165) is 5.52 Å². The number of nitriles is 1. The third-order valence-corrected chi connectivity index (χ3v) is 2.09. The predicted octanol–water partition coefficient (Wildman–Crippen LogP) is 0.655. The topological polar surface area (TPSA) is 95.6 Å². The molecular weight excluding hydrogens is 192 g/mol. The van der Waals surface area contributed by atoms with E-state index in [9.17, 15) is 4.79 Å². The van der Waals surface area contributed by atoms with Gasteiger partial charge in [0.15, 0.2) is 5.92 Å². The normalized spacial score (nSPS) is 12.2. The molecule has 1 amide bonds. The molecule has 0 aliphatic heterocycles. The van der Waals surface area contributed by atoms with Crippen LogP contribution >= 0.6 is 0 Å². The summed E-state index contributed by atoms with van der Waals surface area (Å²) in [6.45, 7) is 0. The Balaban J connectivity index is 2.53. The molecule has 1 atom stereocenters. The van der Waals surface area contributed by atoms with E-state index in [2.05, 4.69) is 9.97 Å². The van der Waals surface area contributed by atoms with E-state index >= 15 is 0 Å². The molecule has 5 heteroatoms. The van der Waals surface area contributed by atoms with Gasteiger partial charge in [0.1, 0.15) is 5.82 Å². The van der Waals surface area contributed by atoms with Crippen molar-refractivity contribution in [1.29, 1.82) is 5.26 Å². The van der Waals surface area contributed by atoms with E-state index in [-0.39, 0.29) is 0 Å². The van der Waals surface area contributed by atoms with Crippen LogP contribution in [0.15, 0.2) is 24.3 Å². The minimum atomic E-state index is -1.02. The lowest BCUT2D eigenvalue weighted by molar-refractivity contribution is -0.118. The number of rotatable bonds is 2. The molecule has 3 N–H and O–H groups in total. The van der Waals surface area contributed by atoms with Gasteiger partial charge >= 0.3 is 0 Å². The molecule has 0 saturated carbocycles. The number of carbonyl (C=O) groups is 1. The number of aromatic amines is 1. The maximum Gasteiger partial charge on any atom is 0.242 e. The largest absolute Gasteiger partial charge is 0.368 e. The summed E-state index contributed by atoms with van der Waals surface area (Å²) in [5.41, 5.74) is 6.58. The average molecular weight is 200 g/mol. The van der Waals surface area contributed by atoms with Crippen LogP contribution in [0.2, 0.25) is 0 Å². The van der Waals surface area contributed by atoms with Crippen molar-refractivity contribution in [2.75, 3.05) is 0 Å². The molecule has 0 aliphatic carbocycles. The lowest BCUT2D eigenvalue weighted by atomic mass is 10.1. The van der Waals surface area contributed by atoms with Crippen LogP contribution in [0.3, 0.4) is 0 Å². The quantitative estimate of drug-likeness (QED) is 0.745. The van der Waals surface area contributed by atoms with Crippen LogP contribution in [0.1, 0.15) is 11.7 Å². The number of hydrogen-bond acceptors (Lipinski definition) is 3. The molecule has 2 rings (SSSR count). The standard InChI is InChI=1S/C10H8N4O/c11-5-6(9(12)15)10-13-7-3-1-2-4-8(7)14-10/h1-4,6H,(H2,12,15)(H,13,14). The highest BCUT2D eigenvalue weighted by Gasteiger charge is 2.20. The summed E-state index contributed by atoms with van der Waals surface area (Å²) in [7, 11) is 0. The molecule has 0 aliphatic rings. The Labute approximate surface area is 85.5 Å². The minimum Gasteiger partial charge on any atom is -0.368 e. The third-order valence-electron chi connectivity index (χ3n) is 2.09. The lowest BCUT2D eigenvalue weighted by Crippen LogP contribution is -2.20. The number of amides is 1. The second-order valence-corrected chi connectivity index (χ2v) is 3.10. The molecule has 5 nitrogen and oxygen atoms in total. The smallest absolute Gasteiger partial charge is 0.242 e. The molecule has 1 unspecified atom stereocenters. The van der Waals surface area contributed by atoms with Gasteiger partial charge in [0, 0.05) is 0 Å². The fourth-order valence-corrected chi connectivity index (χ4v) is 1.37. The Kier molecular flexibility index (Phi) is 2.10. The molecule has 0 spiro atoms. The lowest BCUT2D eigenvalue weighted by Gasteiger charge is -1.97. The summed E-state index contributed by atoms with van der Waals surface area (Å²) in [6, 6.07) is 9.10. The summed E-state index contributed by atoms with van der Waals surface area (Å²) in [5.74, 6) is -1.42. The van der Waals surface area contributed by atoms with Crippen molar-refractivity contribution in [3.8, 4) is 6.07 Å². The first-order chi connectivity index (χ1) is 7.22. The van der Waals surface area contributed by atoms with Gasteiger partial charge in [-0.3, -0.25) is 4.79 Å². The van der Waals surface area contributed by atoms with Crippen LogP contribution in [-0.2, 0) is 4.79 Å². The Morgan fingerprint density at radius 2 is 2.27 bits per heavy atom. The number of aromatic nitrogens is 2. The molecule has 0 fully saturated rings. The molecule has 0 bridgehead atoms. The van der Waals surface area contributed by atoms with Crippen LogP contribution in [0, 0.1) is 11.3 Å². The number of H-pyrrole nitrogens is 1. The highest BCUT2D eigenvalue weighted by atomic mass is 16.1. The monoisotopic (exact) mass is 200 g/mol. The van der Waals surface area contributed by atoms with E-state index in [1.54, 1.807) is 6.07 Å². The van der Waals surface area contributed by atoms with Crippen LogP contribution < -0.4 is 5.73 Å². The summed E-state index contributed by atoms with van der Waals surface area (Å²) in [5, 5.41) is 8.76. The molecule has 74 valence electrons. The van der Waals surface area contributed by atoms with E-state index in [1.807, 2.05) is 24.3 Å². The van der Waals surface area contributed by atoms with Crippen molar-refractivity contribution >= 4 is 16.9 Å². The van der Waals surface area contributed by atoms with Gasteiger partial charge in [-0.2, -0.15) is 5.26 Å².